The molecular weight excluding hydrogens is 332 g/mol. The second-order valence-corrected chi connectivity index (χ2v) is 5.42. The molecule has 0 saturated carbocycles. The van der Waals surface area contributed by atoms with Crippen molar-refractivity contribution in [2.24, 2.45) is 0 Å². The molecule has 0 aliphatic heterocycles. The number of pyridine rings is 1. The normalized spacial score (nSPS) is 10.7. The van der Waals surface area contributed by atoms with Gasteiger partial charge in [-0.3, -0.25) is 19.3 Å². The van der Waals surface area contributed by atoms with Crippen molar-refractivity contribution < 1.29 is 10.0 Å². The smallest absolute Gasteiger partial charge is 0.274 e. The number of benzene rings is 1. The molecule has 4 aromatic rings. The minimum atomic E-state index is -0.598. The lowest BCUT2D eigenvalue weighted by molar-refractivity contribution is 0.0706. The maximum Gasteiger partial charge on any atom is 0.274 e. The molecule has 1 aromatic carbocycles. The summed E-state index contributed by atoms with van der Waals surface area (Å²) in [7, 11) is 0. The molecular formula is C18H14N6O2. The molecule has 0 radical (unpaired) electrons. The molecule has 0 fully saturated rings. The van der Waals surface area contributed by atoms with E-state index in [1.54, 1.807) is 53.2 Å². The van der Waals surface area contributed by atoms with Crippen LogP contribution in [0.4, 0.5) is 17.5 Å². The van der Waals surface area contributed by atoms with Gasteiger partial charge < -0.3 is 0 Å². The summed E-state index contributed by atoms with van der Waals surface area (Å²) in [6, 6.07) is 14.2. The number of carbonyl (C=O) groups excluding carboxylic acids is 1. The Hall–Kier alpha value is -3.78. The van der Waals surface area contributed by atoms with Crippen LogP contribution >= 0.6 is 0 Å². The number of aromatic nitrogens is 4. The van der Waals surface area contributed by atoms with Crippen molar-refractivity contribution in [3.8, 4) is 0 Å². The lowest BCUT2D eigenvalue weighted by Crippen LogP contribution is -2.20. The molecule has 0 spiro atoms. The highest BCUT2D eigenvalue weighted by atomic mass is 16.5. The van der Waals surface area contributed by atoms with Gasteiger partial charge in [-0.1, -0.05) is 12.1 Å². The van der Waals surface area contributed by atoms with Crippen molar-refractivity contribution in [1.82, 2.24) is 24.8 Å². The van der Waals surface area contributed by atoms with Crippen molar-refractivity contribution in [3.63, 3.8) is 0 Å². The minimum Gasteiger partial charge on any atom is -0.288 e. The third-order valence-corrected chi connectivity index (χ3v) is 3.85. The third-order valence-electron chi connectivity index (χ3n) is 3.85. The van der Waals surface area contributed by atoms with E-state index in [-0.39, 0.29) is 0 Å². The second-order valence-electron chi connectivity index (χ2n) is 5.42. The Morgan fingerprint density at radius 1 is 1.04 bits per heavy atom. The van der Waals surface area contributed by atoms with Crippen LogP contribution in [-0.4, -0.2) is 30.5 Å². The van der Waals surface area contributed by atoms with E-state index in [1.807, 2.05) is 34.9 Å². The van der Waals surface area contributed by atoms with E-state index in [1.165, 1.54) is 0 Å². The average molecular weight is 346 g/mol. The van der Waals surface area contributed by atoms with Crippen molar-refractivity contribution in [1.29, 1.82) is 0 Å². The highest BCUT2D eigenvalue weighted by Crippen LogP contribution is 2.32. The Balaban J connectivity index is 1.92. The molecule has 3 aromatic heterocycles. The van der Waals surface area contributed by atoms with Crippen molar-refractivity contribution >= 4 is 29.0 Å². The third kappa shape index (κ3) is 2.74. The number of carbonyl (C=O) groups is 1. The Kier molecular flexibility index (Phi) is 4.00. The van der Waals surface area contributed by atoms with Crippen molar-refractivity contribution in [2.45, 2.75) is 0 Å². The maximum atomic E-state index is 11.8. The van der Waals surface area contributed by atoms with Crippen LogP contribution in [0.25, 0.3) is 5.65 Å². The van der Waals surface area contributed by atoms with E-state index in [4.69, 9.17) is 5.21 Å². The first-order valence-corrected chi connectivity index (χ1v) is 7.81. The molecule has 0 unspecified atom stereocenters. The second kappa shape index (κ2) is 6.61. The number of anilines is 3. The summed E-state index contributed by atoms with van der Waals surface area (Å²) >= 11 is 0. The number of hydrogen-bond donors (Lipinski definition) is 2. The number of hydroxylamine groups is 1. The minimum absolute atomic E-state index is 0.305. The van der Waals surface area contributed by atoms with Crippen LogP contribution in [0.1, 0.15) is 10.4 Å². The Morgan fingerprint density at radius 3 is 2.69 bits per heavy atom. The first-order valence-electron chi connectivity index (χ1n) is 7.81. The average Bonchev–Trinajstić information content (AvgIpc) is 3.13. The largest absolute Gasteiger partial charge is 0.288 e. The molecule has 26 heavy (non-hydrogen) atoms. The quantitative estimate of drug-likeness (QED) is 0.436. The van der Waals surface area contributed by atoms with E-state index < -0.39 is 5.91 Å². The SMILES string of the molecule is O=C(NO)c1cccc(N(c2ncccn2)c2cnc3ccccn23)c1. The van der Waals surface area contributed by atoms with E-state index in [0.717, 1.165) is 5.65 Å². The van der Waals surface area contributed by atoms with Gasteiger partial charge in [-0.25, -0.2) is 20.4 Å². The molecule has 4 rings (SSSR count). The number of fused-ring (bicyclic) bond motifs is 1. The number of rotatable bonds is 4. The molecule has 3 heterocycles. The van der Waals surface area contributed by atoms with E-state index in [0.29, 0.717) is 23.0 Å². The molecule has 0 aliphatic rings. The highest BCUT2D eigenvalue weighted by molar-refractivity contribution is 5.94. The number of hydrogen-bond acceptors (Lipinski definition) is 6. The zero-order valence-corrected chi connectivity index (χ0v) is 13.5. The number of imidazole rings is 1. The fraction of sp³-hybridized carbons (Fsp3) is 0. The summed E-state index contributed by atoms with van der Waals surface area (Å²) in [6.45, 7) is 0. The molecule has 0 atom stereocenters. The molecule has 2 N–H and O–H groups in total. The topological polar surface area (TPSA) is 95.7 Å². The molecule has 1 amide bonds. The number of nitrogens with one attached hydrogen (secondary N) is 1. The monoisotopic (exact) mass is 346 g/mol. The predicted octanol–water partition coefficient (Wildman–Crippen LogP) is 2.71. The van der Waals surface area contributed by atoms with Gasteiger partial charge in [-0.15, -0.1) is 0 Å². The number of amides is 1. The molecule has 0 saturated heterocycles. The van der Waals surface area contributed by atoms with Crippen LogP contribution in [0.3, 0.4) is 0 Å². The molecule has 8 nitrogen and oxygen atoms in total. The standard InChI is InChI=1S/C18H14N6O2/c25-17(22-26)13-5-3-6-14(11-13)24(18-19-8-4-9-20-18)16-12-21-15-7-1-2-10-23(15)16/h1-12,26H,(H,22,25). The summed E-state index contributed by atoms with van der Waals surface area (Å²) in [4.78, 5) is 26.7. The van der Waals surface area contributed by atoms with Gasteiger partial charge in [0.15, 0.2) is 0 Å². The van der Waals surface area contributed by atoms with Crippen LogP contribution in [-0.2, 0) is 0 Å². The summed E-state index contributed by atoms with van der Waals surface area (Å²) in [5.74, 6) is 0.548. The molecule has 8 heteroatoms. The summed E-state index contributed by atoms with van der Waals surface area (Å²) in [5.41, 5.74) is 3.38. The van der Waals surface area contributed by atoms with Crippen molar-refractivity contribution in [3.05, 3.63) is 78.9 Å². The van der Waals surface area contributed by atoms with Crippen LogP contribution in [0, 0.1) is 0 Å². The Morgan fingerprint density at radius 2 is 1.88 bits per heavy atom. The lowest BCUT2D eigenvalue weighted by atomic mass is 10.2. The van der Waals surface area contributed by atoms with Crippen LogP contribution in [0.2, 0.25) is 0 Å². The van der Waals surface area contributed by atoms with Gasteiger partial charge in [0.25, 0.3) is 5.91 Å². The predicted molar refractivity (Wildman–Crippen MR) is 94.7 cm³/mol. The fourth-order valence-electron chi connectivity index (χ4n) is 2.69. The summed E-state index contributed by atoms with van der Waals surface area (Å²) in [5, 5.41) is 8.91. The molecule has 0 bridgehead atoms. The molecule has 128 valence electrons. The highest BCUT2D eigenvalue weighted by Gasteiger charge is 2.19. The van der Waals surface area contributed by atoms with Gasteiger partial charge in [-0.05, 0) is 36.4 Å². The van der Waals surface area contributed by atoms with Crippen molar-refractivity contribution in [2.75, 3.05) is 4.90 Å². The van der Waals surface area contributed by atoms with Gasteiger partial charge >= 0.3 is 0 Å². The zero-order valence-electron chi connectivity index (χ0n) is 13.5. The maximum absolute atomic E-state index is 11.8. The first-order chi connectivity index (χ1) is 12.8. The summed E-state index contributed by atoms with van der Waals surface area (Å²) < 4.78 is 1.90. The van der Waals surface area contributed by atoms with Gasteiger partial charge in [0.05, 0.1) is 11.9 Å². The van der Waals surface area contributed by atoms with Crippen LogP contribution in [0.5, 0.6) is 0 Å². The fourth-order valence-corrected chi connectivity index (χ4v) is 2.69. The van der Waals surface area contributed by atoms with E-state index >= 15 is 0 Å². The van der Waals surface area contributed by atoms with Gasteiger partial charge in [-0.2, -0.15) is 0 Å². The van der Waals surface area contributed by atoms with Gasteiger partial charge in [0.1, 0.15) is 11.5 Å². The Labute approximate surface area is 148 Å². The van der Waals surface area contributed by atoms with E-state index in [2.05, 4.69) is 15.0 Å². The molecule has 0 aliphatic carbocycles. The first kappa shape index (κ1) is 15.7. The number of nitrogens with zero attached hydrogens (tertiary/aromatic N) is 5. The van der Waals surface area contributed by atoms with Gasteiger partial charge in [0.2, 0.25) is 5.95 Å². The van der Waals surface area contributed by atoms with E-state index in [9.17, 15) is 4.79 Å². The summed E-state index contributed by atoms with van der Waals surface area (Å²) in [6.07, 6.45) is 6.88. The van der Waals surface area contributed by atoms with Gasteiger partial charge in [0, 0.05) is 24.2 Å². The Bertz CT molecular complexity index is 1060. The van der Waals surface area contributed by atoms with Crippen LogP contribution in [0.15, 0.2) is 73.3 Å². The lowest BCUT2D eigenvalue weighted by Gasteiger charge is -2.22. The zero-order chi connectivity index (χ0) is 17.9. The van der Waals surface area contributed by atoms with Crippen LogP contribution < -0.4 is 10.4 Å².